The molecule has 0 saturated carbocycles. The Morgan fingerprint density at radius 1 is 0.931 bits per heavy atom. The van der Waals surface area contributed by atoms with E-state index in [1.807, 2.05) is 60.7 Å². The number of nitrogens with two attached hydrogens (primary N) is 1. The highest BCUT2D eigenvalue weighted by Gasteiger charge is 2.13. The van der Waals surface area contributed by atoms with Crippen LogP contribution in [0.3, 0.4) is 0 Å². The molecule has 29 heavy (non-hydrogen) atoms. The van der Waals surface area contributed by atoms with Gasteiger partial charge in [-0.3, -0.25) is 5.32 Å². The van der Waals surface area contributed by atoms with Crippen LogP contribution >= 0.6 is 23.1 Å². The van der Waals surface area contributed by atoms with Crippen LogP contribution in [-0.2, 0) is 4.74 Å². The van der Waals surface area contributed by atoms with E-state index in [-0.39, 0.29) is 0 Å². The Morgan fingerprint density at radius 2 is 1.48 bits per heavy atom. The monoisotopic (exact) mass is 426 g/mol. The molecule has 0 unspecified atom stereocenters. The van der Waals surface area contributed by atoms with Gasteiger partial charge >= 0.3 is 6.09 Å². The van der Waals surface area contributed by atoms with Crippen molar-refractivity contribution in [2.45, 2.75) is 6.92 Å². The van der Waals surface area contributed by atoms with E-state index in [2.05, 4.69) is 24.5 Å². The summed E-state index contributed by atoms with van der Waals surface area (Å²) in [7, 11) is 0. The summed E-state index contributed by atoms with van der Waals surface area (Å²) in [4.78, 5) is 13.1. The minimum atomic E-state index is -0.516. The quantitative estimate of drug-likeness (QED) is 0.491. The van der Waals surface area contributed by atoms with Gasteiger partial charge in [-0.05, 0) is 41.1 Å². The zero-order valence-electron chi connectivity index (χ0n) is 15.5. The fourth-order valence-electron chi connectivity index (χ4n) is 2.30. The van der Waals surface area contributed by atoms with Crippen LogP contribution in [-0.4, -0.2) is 31.9 Å². The van der Waals surface area contributed by atoms with Crippen LogP contribution in [0.15, 0.2) is 60.7 Å². The number of benzene rings is 2. The van der Waals surface area contributed by atoms with Crippen molar-refractivity contribution in [3.63, 3.8) is 0 Å². The first-order chi connectivity index (χ1) is 14.2. The SMILES string of the molecule is CCOC(=O)Nc1nnsc1-c1ccccc1.Nc1nnsc1-c1ccccc1. The number of nitrogens with one attached hydrogen (secondary N) is 1. The third-order valence-electron chi connectivity index (χ3n) is 3.57. The number of hydrogen-bond acceptors (Lipinski definition) is 9. The molecule has 4 rings (SSSR count). The average molecular weight is 427 g/mol. The maximum Gasteiger partial charge on any atom is 0.412 e. The Kier molecular flexibility index (Phi) is 7.20. The number of aromatic nitrogens is 4. The van der Waals surface area contributed by atoms with E-state index in [9.17, 15) is 4.79 Å². The lowest BCUT2D eigenvalue weighted by molar-refractivity contribution is 0.168. The first kappa shape index (κ1) is 20.4. The fourth-order valence-corrected chi connectivity index (χ4v) is 3.51. The van der Waals surface area contributed by atoms with Gasteiger partial charge in [0.05, 0.1) is 16.4 Å². The summed E-state index contributed by atoms with van der Waals surface area (Å²) in [6, 6.07) is 19.5. The number of nitrogens with zero attached hydrogens (tertiary/aromatic N) is 4. The zero-order valence-corrected chi connectivity index (χ0v) is 17.1. The molecule has 0 atom stereocenters. The number of carbonyl (C=O) groups is 1. The average Bonchev–Trinajstić information content (AvgIpc) is 3.39. The van der Waals surface area contributed by atoms with E-state index in [0.717, 1.165) is 20.9 Å². The van der Waals surface area contributed by atoms with E-state index in [0.29, 0.717) is 18.2 Å². The highest BCUT2D eigenvalue weighted by atomic mass is 32.1. The Hall–Kier alpha value is -3.37. The van der Waals surface area contributed by atoms with E-state index < -0.39 is 6.09 Å². The van der Waals surface area contributed by atoms with Crippen LogP contribution in [0.25, 0.3) is 20.9 Å². The lowest BCUT2D eigenvalue weighted by Gasteiger charge is -2.03. The molecule has 1 amide bonds. The second-order valence-electron chi connectivity index (χ2n) is 5.52. The Labute approximate surface area is 175 Å². The molecule has 10 heteroatoms. The second-order valence-corrected chi connectivity index (χ2v) is 7.02. The molecule has 0 fully saturated rings. The van der Waals surface area contributed by atoms with Gasteiger partial charge in [0.1, 0.15) is 0 Å². The predicted molar refractivity (Wildman–Crippen MR) is 116 cm³/mol. The highest BCUT2D eigenvalue weighted by molar-refractivity contribution is 7.10. The van der Waals surface area contributed by atoms with Crippen molar-refractivity contribution >= 4 is 40.8 Å². The molecular formula is C19H18N6O2S2. The molecular weight excluding hydrogens is 408 g/mol. The smallest absolute Gasteiger partial charge is 0.412 e. The van der Waals surface area contributed by atoms with Crippen molar-refractivity contribution in [2.24, 2.45) is 0 Å². The van der Waals surface area contributed by atoms with E-state index >= 15 is 0 Å². The summed E-state index contributed by atoms with van der Waals surface area (Å²) in [6.45, 7) is 2.07. The number of rotatable bonds is 4. The molecule has 2 aromatic carbocycles. The molecule has 0 radical (unpaired) electrons. The number of carbonyl (C=O) groups excluding carboxylic acids is 1. The van der Waals surface area contributed by atoms with Gasteiger partial charge < -0.3 is 10.5 Å². The van der Waals surface area contributed by atoms with Crippen LogP contribution in [0, 0.1) is 0 Å². The molecule has 3 N–H and O–H groups in total. The number of anilines is 2. The molecule has 0 spiro atoms. The third-order valence-corrected chi connectivity index (χ3v) is 5.13. The molecule has 0 saturated heterocycles. The van der Waals surface area contributed by atoms with Crippen molar-refractivity contribution in [3.8, 4) is 20.9 Å². The van der Waals surface area contributed by atoms with Gasteiger partial charge in [0.2, 0.25) is 0 Å². The van der Waals surface area contributed by atoms with Crippen molar-refractivity contribution in [2.75, 3.05) is 17.7 Å². The minimum absolute atomic E-state index is 0.323. The Balaban J connectivity index is 0.000000176. The normalized spacial score (nSPS) is 9.97. The number of hydrogen-bond donors (Lipinski definition) is 2. The summed E-state index contributed by atoms with van der Waals surface area (Å²) >= 11 is 2.55. The maximum absolute atomic E-state index is 11.3. The van der Waals surface area contributed by atoms with Crippen molar-refractivity contribution in [3.05, 3.63) is 60.7 Å². The molecule has 0 aliphatic carbocycles. The van der Waals surface area contributed by atoms with E-state index in [1.54, 1.807) is 6.92 Å². The minimum Gasteiger partial charge on any atom is -0.450 e. The van der Waals surface area contributed by atoms with Crippen LogP contribution in [0.2, 0.25) is 0 Å². The second kappa shape index (κ2) is 10.2. The van der Waals surface area contributed by atoms with Crippen molar-refractivity contribution in [1.29, 1.82) is 0 Å². The number of ether oxygens (including phenoxy) is 1. The van der Waals surface area contributed by atoms with Crippen LogP contribution in [0.5, 0.6) is 0 Å². The summed E-state index contributed by atoms with van der Waals surface area (Å²) < 4.78 is 12.4. The van der Waals surface area contributed by atoms with Crippen molar-refractivity contribution < 1.29 is 9.53 Å². The van der Waals surface area contributed by atoms with Gasteiger partial charge in [0, 0.05) is 0 Å². The summed E-state index contributed by atoms with van der Waals surface area (Å²) in [5.74, 6) is 0.936. The van der Waals surface area contributed by atoms with Gasteiger partial charge in [-0.1, -0.05) is 69.6 Å². The standard InChI is InChI=1S/C11H11N3O2S.C8H7N3S/c1-2-16-11(15)12-10-9(17-14-13-10)8-6-4-3-5-7-8;9-8-7(12-11-10-8)6-4-2-1-3-5-6/h3-7H,2H2,1H3,(H,12,15);1-5H,9H2. The van der Waals surface area contributed by atoms with Crippen LogP contribution in [0.4, 0.5) is 16.4 Å². The number of amides is 1. The van der Waals surface area contributed by atoms with Crippen molar-refractivity contribution in [1.82, 2.24) is 19.2 Å². The van der Waals surface area contributed by atoms with Crippen LogP contribution < -0.4 is 11.1 Å². The third kappa shape index (κ3) is 5.56. The molecule has 2 heterocycles. The summed E-state index contributed by atoms with van der Waals surface area (Å²) in [5.41, 5.74) is 7.65. The Bertz CT molecular complexity index is 1040. The first-order valence-electron chi connectivity index (χ1n) is 8.63. The molecule has 4 aromatic rings. The summed E-state index contributed by atoms with van der Waals surface area (Å²) in [5, 5.41) is 10.2. The summed E-state index contributed by atoms with van der Waals surface area (Å²) in [6.07, 6.45) is -0.516. The van der Waals surface area contributed by atoms with Crippen LogP contribution in [0.1, 0.15) is 6.92 Å². The molecule has 0 bridgehead atoms. The molecule has 148 valence electrons. The van der Waals surface area contributed by atoms with Gasteiger partial charge in [-0.15, -0.1) is 10.2 Å². The van der Waals surface area contributed by atoms with Gasteiger partial charge in [-0.25, -0.2) is 4.79 Å². The van der Waals surface area contributed by atoms with Gasteiger partial charge in [0.25, 0.3) is 0 Å². The van der Waals surface area contributed by atoms with E-state index in [1.165, 1.54) is 23.1 Å². The maximum atomic E-state index is 11.3. The number of nitrogen functional groups attached to an aromatic ring is 1. The molecule has 2 aromatic heterocycles. The topological polar surface area (TPSA) is 116 Å². The largest absolute Gasteiger partial charge is 0.450 e. The molecule has 8 nitrogen and oxygen atoms in total. The lowest BCUT2D eigenvalue weighted by Crippen LogP contribution is -2.14. The van der Waals surface area contributed by atoms with E-state index in [4.69, 9.17) is 10.5 Å². The molecule has 0 aliphatic heterocycles. The molecule has 0 aliphatic rings. The van der Waals surface area contributed by atoms with Gasteiger partial charge in [-0.2, -0.15) is 0 Å². The van der Waals surface area contributed by atoms with Gasteiger partial charge in [0.15, 0.2) is 11.6 Å². The first-order valence-corrected chi connectivity index (χ1v) is 10.2. The predicted octanol–water partition coefficient (Wildman–Crippen LogP) is 4.56. The zero-order chi connectivity index (χ0) is 20.5. The highest BCUT2D eigenvalue weighted by Crippen LogP contribution is 2.29. The Morgan fingerprint density at radius 3 is 2.03 bits per heavy atom. The fraction of sp³-hybridized carbons (Fsp3) is 0.105. The lowest BCUT2D eigenvalue weighted by atomic mass is 10.2.